The minimum absolute atomic E-state index is 0.222. The van der Waals surface area contributed by atoms with Gasteiger partial charge >= 0.3 is 6.03 Å². The van der Waals surface area contributed by atoms with Gasteiger partial charge in [0.25, 0.3) is 0 Å². The van der Waals surface area contributed by atoms with E-state index < -0.39 is 0 Å². The summed E-state index contributed by atoms with van der Waals surface area (Å²) in [5.74, 6) is 1.27. The highest BCUT2D eigenvalue weighted by atomic mass is 32.2. The number of hydrogen-bond acceptors (Lipinski definition) is 4. The molecular formula is C8H9N3O2S. The highest BCUT2D eigenvalue weighted by Crippen LogP contribution is 2.18. The van der Waals surface area contributed by atoms with Crippen LogP contribution in [0, 0.1) is 0 Å². The fraction of sp³-hybridized carbons (Fsp3) is 0.125. The molecule has 2 heterocycles. The third-order valence-electron chi connectivity index (χ3n) is 1.67. The molecule has 14 heavy (non-hydrogen) atoms. The second-order valence-corrected chi connectivity index (χ2v) is 3.55. The van der Waals surface area contributed by atoms with Crippen molar-refractivity contribution in [3.8, 4) is 0 Å². The summed E-state index contributed by atoms with van der Waals surface area (Å²) < 4.78 is 5.00. The Morgan fingerprint density at radius 3 is 3.07 bits per heavy atom. The van der Waals surface area contributed by atoms with Crippen LogP contribution < -0.4 is 11.1 Å². The Bertz CT molecular complexity index is 374. The third-order valence-corrected chi connectivity index (χ3v) is 2.41. The first-order valence-corrected chi connectivity index (χ1v) is 5.02. The number of nitrogens with zero attached hydrogens (tertiary/aromatic N) is 1. The summed E-state index contributed by atoms with van der Waals surface area (Å²) in [6.07, 6.45) is 1.71. The van der Waals surface area contributed by atoms with E-state index in [2.05, 4.69) is 5.32 Å². The van der Waals surface area contributed by atoms with Crippen LogP contribution in [0.2, 0.25) is 0 Å². The lowest BCUT2D eigenvalue weighted by Crippen LogP contribution is -2.27. The number of furan rings is 1. The van der Waals surface area contributed by atoms with Gasteiger partial charge in [-0.15, -0.1) is 11.8 Å². The van der Waals surface area contributed by atoms with Crippen molar-refractivity contribution in [3.05, 3.63) is 23.7 Å². The van der Waals surface area contributed by atoms with E-state index in [1.165, 1.54) is 0 Å². The molecule has 0 aromatic carbocycles. The highest BCUT2D eigenvalue weighted by molar-refractivity contribution is 8.02. The number of nitrogen functional groups attached to an aromatic ring is 1. The van der Waals surface area contributed by atoms with Crippen LogP contribution in [0.15, 0.2) is 28.2 Å². The molecule has 1 aliphatic heterocycles. The van der Waals surface area contributed by atoms with Crippen LogP contribution in [0.3, 0.4) is 0 Å². The fourth-order valence-corrected chi connectivity index (χ4v) is 1.69. The number of nitrogens with one attached hydrogen (secondary N) is 1. The van der Waals surface area contributed by atoms with Gasteiger partial charge in [0.05, 0.1) is 5.88 Å². The Balaban J connectivity index is 1.97. The average molecular weight is 211 g/mol. The molecule has 6 heteroatoms. The molecular weight excluding hydrogens is 202 g/mol. The first-order chi connectivity index (χ1) is 6.75. The summed E-state index contributed by atoms with van der Waals surface area (Å²) in [4.78, 5) is 13.0. The number of nitrogens with two attached hydrogens (primary N) is 1. The number of amides is 2. The van der Waals surface area contributed by atoms with E-state index in [4.69, 9.17) is 10.2 Å². The van der Waals surface area contributed by atoms with E-state index in [-0.39, 0.29) is 11.9 Å². The highest BCUT2D eigenvalue weighted by Gasteiger charge is 2.14. The molecule has 5 nitrogen and oxygen atoms in total. The third kappa shape index (κ3) is 1.85. The fourth-order valence-electron chi connectivity index (χ4n) is 1.01. The first kappa shape index (κ1) is 9.01. The first-order valence-electron chi connectivity index (χ1n) is 3.97. The maximum absolute atomic E-state index is 11.5. The molecule has 0 radical (unpaired) electrons. The van der Waals surface area contributed by atoms with Crippen LogP contribution in [0.25, 0.3) is 0 Å². The molecule has 3 N–H and O–H groups in total. The number of carbonyl (C=O) groups excluding carboxylic acids is 1. The summed E-state index contributed by atoms with van der Waals surface area (Å²) in [5.41, 5.74) is 5.36. The molecule has 1 aromatic rings. The second kappa shape index (κ2) is 3.67. The number of rotatable bonds is 1. The maximum atomic E-state index is 11.5. The molecule has 0 saturated carbocycles. The van der Waals surface area contributed by atoms with Gasteiger partial charge in [0.2, 0.25) is 5.88 Å². The number of hydrogen-bond donors (Lipinski definition) is 2. The van der Waals surface area contributed by atoms with Crippen molar-refractivity contribution in [2.24, 2.45) is 0 Å². The lowest BCUT2D eigenvalue weighted by molar-refractivity contribution is 0.234. The zero-order chi connectivity index (χ0) is 9.97. The zero-order valence-corrected chi connectivity index (χ0v) is 8.08. The lowest BCUT2D eigenvalue weighted by Gasteiger charge is -2.11. The summed E-state index contributed by atoms with van der Waals surface area (Å²) in [6.45, 7) is 0. The van der Waals surface area contributed by atoms with E-state index in [1.54, 1.807) is 35.0 Å². The topological polar surface area (TPSA) is 71.5 Å². The summed E-state index contributed by atoms with van der Waals surface area (Å²) >= 11 is 1.56. The number of urea groups is 1. The van der Waals surface area contributed by atoms with Crippen LogP contribution in [0.5, 0.6) is 0 Å². The van der Waals surface area contributed by atoms with Gasteiger partial charge in [-0.2, -0.15) is 0 Å². The maximum Gasteiger partial charge on any atom is 0.328 e. The Labute approximate surface area is 84.9 Å². The van der Waals surface area contributed by atoms with Gasteiger partial charge in [-0.05, 0) is 5.41 Å². The molecule has 1 aliphatic rings. The van der Waals surface area contributed by atoms with Crippen molar-refractivity contribution < 1.29 is 9.21 Å². The van der Waals surface area contributed by atoms with E-state index in [9.17, 15) is 4.79 Å². The molecule has 2 amide bonds. The van der Waals surface area contributed by atoms with Crippen molar-refractivity contribution in [2.45, 2.75) is 0 Å². The van der Waals surface area contributed by atoms with Gasteiger partial charge in [-0.25, -0.2) is 4.79 Å². The van der Waals surface area contributed by atoms with E-state index in [1.807, 2.05) is 5.41 Å². The Morgan fingerprint density at radius 1 is 1.64 bits per heavy atom. The van der Waals surface area contributed by atoms with Crippen molar-refractivity contribution in [1.29, 1.82) is 0 Å². The molecule has 0 atom stereocenters. The molecule has 0 bridgehead atoms. The minimum Gasteiger partial charge on any atom is -0.425 e. The van der Waals surface area contributed by atoms with Crippen molar-refractivity contribution >= 4 is 29.6 Å². The Morgan fingerprint density at radius 2 is 2.50 bits per heavy atom. The molecule has 0 fully saturated rings. The molecule has 74 valence electrons. The molecule has 0 saturated heterocycles. The van der Waals surface area contributed by atoms with Gasteiger partial charge in [0.1, 0.15) is 0 Å². The second-order valence-electron chi connectivity index (χ2n) is 2.68. The summed E-state index contributed by atoms with van der Waals surface area (Å²) in [6, 6.07) is 2.98. The zero-order valence-electron chi connectivity index (χ0n) is 7.27. The lowest BCUT2D eigenvalue weighted by atomic mass is 10.6. The molecule has 1 aromatic heterocycles. The largest absolute Gasteiger partial charge is 0.425 e. The number of carbonyl (C=O) groups is 1. The molecule has 0 aliphatic carbocycles. The standard InChI is InChI=1S/C8H9N3O2S/c9-6-1-2-7(13-6)10-8(12)11-3-4-14-5-11/h1-4H,5,9H2,(H,10,12). The average Bonchev–Trinajstić information content (AvgIpc) is 2.75. The van der Waals surface area contributed by atoms with Crippen molar-refractivity contribution in [3.63, 3.8) is 0 Å². The van der Waals surface area contributed by atoms with Crippen molar-refractivity contribution in [2.75, 3.05) is 16.9 Å². The molecule has 0 spiro atoms. The normalized spacial score (nSPS) is 14.7. The van der Waals surface area contributed by atoms with E-state index >= 15 is 0 Å². The predicted molar refractivity (Wildman–Crippen MR) is 55.6 cm³/mol. The minimum atomic E-state index is -0.222. The smallest absolute Gasteiger partial charge is 0.328 e. The Hall–Kier alpha value is -1.56. The summed E-state index contributed by atoms with van der Waals surface area (Å²) in [5, 5.41) is 4.44. The van der Waals surface area contributed by atoms with E-state index in [0.717, 1.165) is 0 Å². The van der Waals surface area contributed by atoms with Crippen LogP contribution in [-0.4, -0.2) is 16.8 Å². The van der Waals surface area contributed by atoms with Gasteiger partial charge in [-0.1, -0.05) is 0 Å². The molecule has 0 unspecified atom stereocenters. The monoisotopic (exact) mass is 211 g/mol. The van der Waals surface area contributed by atoms with Crippen LogP contribution in [0.1, 0.15) is 0 Å². The van der Waals surface area contributed by atoms with Gasteiger partial charge in [-0.3, -0.25) is 10.2 Å². The quantitative estimate of drug-likeness (QED) is 0.743. The number of anilines is 2. The number of thioether (sulfide) groups is 1. The molecule has 2 rings (SSSR count). The van der Waals surface area contributed by atoms with Crippen LogP contribution >= 0.6 is 11.8 Å². The predicted octanol–water partition coefficient (Wildman–Crippen LogP) is 1.87. The van der Waals surface area contributed by atoms with Gasteiger partial charge < -0.3 is 10.2 Å². The summed E-state index contributed by atoms with van der Waals surface area (Å²) in [7, 11) is 0. The Kier molecular flexibility index (Phi) is 2.36. The van der Waals surface area contributed by atoms with Crippen LogP contribution in [0.4, 0.5) is 16.6 Å². The van der Waals surface area contributed by atoms with Crippen molar-refractivity contribution in [1.82, 2.24) is 4.90 Å². The van der Waals surface area contributed by atoms with Gasteiger partial charge in [0.15, 0.2) is 5.88 Å². The SMILES string of the molecule is Nc1ccc(NC(=O)N2C=CSC2)o1. The van der Waals surface area contributed by atoms with Gasteiger partial charge in [0, 0.05) is 18.3 Å². The van der Waals surface area contributed by atoms with E-state index in [0.29, 0.717) is 11.8 Å². The van der Waals surface area contributed by atoms with Crippen LogP contribution in [-0.2, 0) is 0 Å².